The first-order chi connectivity index (χ1) is 7.65. The molecule has 1 aliphatic heterocycles. The standard InChI is InChI=1S/C11H14Cl2N2O/c12-9-1-2-11(13)14-10(9)7-15-5-3-8(16)4-6-15/h1-2,8,16H,3-7H2. The minimum atomic E-state index is -0.154. The van der Waals surface area contributed by atoms with E-state index in [0.29, 0.717) is 16.7 Å². The third-order valence-electron chi connectivity index (χ3n) is 2.82. The summed E-state index contributed by atoms with van der Waals surface area (Å²) in [6.45, 7) is 2.46. The molecule has 0 bridgehead atoms. The molecule has 1 saturated heterocycles. The van der Waals surface area contributed by atoms with Gasteiger partial charge in [0.1, 0.15) is 5.15 Å². The van der Waals surface area contributed by atoms with Gasteiger partial charge in [-0.1, -0.05) is 23.2 Å². The Bertz CT molecular complexity index is 365. The predicted molar refractivity (Wildman–Crippen MR) is 64.8 cm³/mol. The summed E-state index contributed by atoms with van der Waals surface area (Å²) in [5, 5.41) is 10.5. The Hall–Kier alpha value is -0.350. The lowest BCUT2D eigenvalue weighted by Crippen LogP contribution is -2.35. The van der Waals surface area contributed by atoms with E-state index < -0.39 is 0 Å². The second-order valence-electron chi connectivity index (χ2n) is 4.07. The van der Waals surface area contributed by atoms with Gasteiger partial charge in [-0.05, 0) is 25.0 Å². The molecule has 16 heavy (non-hydrogen) atoms. The molecule has 5 heteroatoms. The van der Waals surface area contributed by atoms with Crippen LogP contribution < -0.4 is 0 Å². The molecular weight excluding hydrogens is 247 g/mol. The van der Waals surface area contributed by atoms with Gasteiger partial charge in [0.2, 0.25) is 0 Å². The molecule has 3 nitrogen and oxygen atoms in total. The van der Waals surface area contributed by atoms with Crippen LogP contribution in [0, 0.1) is 0 Å². The second kappa shape index (κ2) is 5.32. The van der Waals surface area contributed by atoms with Crippen LogP contribution >= 0.6 is 23.2 Å². The first kappa shape index (κ1) is 12.1. The number of nitrogens with zero attached hydrogens (tertiary/aromatic N) is 2. The Morgan fingerprint density at radius 1 is 1.31 bits per heavy atom. The normalized spacial score (nSPS) is 18.9. The van der Waals surface area contributed by atoms with Crippen LogP contribution in [0.5, 0.6) is 0 Å². The number of rotatable bonds is 2. The average molecular weight is 261 g/mol. The molecule has 1 N–H and O–H groups in total. The molecule has 1 aliphatic rings. The Morgan fingerprint density at radius 2 is 2.00 bits per heavy atom. The number of pyridine rings is 1. The number of aliphatic hydroxyl groups is 1. The SMILES string of the molecule is OC1CCN(Cc2nc(Cl)ccc2Cl)CC1. The highest BCUT2D eigenvalue weighted by Gasteiger charge is 2.18. The summed E-state index contributed by atoms with van der Waals surface area (Å²) in [6.07, 6.45) is 1.48. The lowest BCUT2D eigenvalue weighted by molar-refractivity contribution is 0.0787. The van der Waals surface area contributed by atoms with Gasteiger partial charge in [0.25, 0.3) is 0 Å². The molecule has 0 aliphatic carbocycles. The summed E-state index contributed by atoms with van der Waals surface area (Å²) < 4.78 is 0. The van der Waals surface area contributed by atoms with E-state index in [4.69, 9.17) is 23.2 Å². The van der Waals surface area contributed by atoms with Gasteiger partial charge in [0.15, 0.2) is 0 Å². The van der Waals surface area contributed by atoms with Crippen LogP contribution in [0.4, 0.5) is 0 Å². The molecule has 0 radical (unpaired) electrons. The lowest BCUT2D eigenvalue weighted by Gasteiger charge is -2.29. The summed E-state index contributed by atoms with van der Waals surface area (Å²) in [6, 6.07) is 3.46. The maximum Gasteiger partial charge on any atom is 0.129 e. The van der Waals surface area contributed by atoms with Crippen molar-refractivity contribution in [3.8, 4) is 0 Å². The maximum absolute atomic E-state index is 9.40. The lowest BCUT2D eigenvalue weighted by atomic mass is 10.1. The smallest absolute Gasteiger partial charge is 0.129 e. The highest BCUT2D eigenvalue weighted by Crippen LogP contribution is 2.20. The monoisotopic (exact) mass is 260 g/mol. The number of likely N-dealkylation sites (tertiary alicyclic amines) is 1. The van der Waals surface area contributed by atoms with E-state index in [1.807, 2.05) is 0 Å². The number of halogens is 2. The first-order valence-electron chi connectivity index (χ1n) is 5.36. The zero-order chi connectivity index (χ0) is 11.5. The minimum Gasteiger partial charge on any atom is -0.393 e. The Balaban J connectivity index is 2.00. The fourth-order valence-electron chi connectivity index (χ4n) is 1.86. The van der Waals surface area contributed by atoms with Gasteiger partial charge < -0.3 is 5.11 Å². The summed E-state index contributed by atoms with van der Waals surface area (Å²) in [5.41, 5.74) is 0.811. The van der Waals surface area contributed by atoms with Crippen LogP contribution in [-0.4, -0.2) is 34.2 Å². The van der Waals surface area contributed by atoms with Crippen molar-refractivity contribution in [2.45, 2.75) is 25.5 Å². The zero-order valence-electron chi connectivity index (χ0n) is 8.87. The van der Waals surface area contributed by atoms with Crippen molar-refractivity contribution in [1.82, 2.24) is 9.88 Å². The van der Waals surface area contributed by atoms with E-state index in [1.54, 1.807) is 12.1 Å². The molecule has 0 unspecified atom stereocenters. The fourth-order valence-corrected chi connectivity index (χ4v) is 2.19. The van der Waals surface area contributed by atoms with Crippen molar-refractivity contribution in [1.29, 1.82) is 0 Å². The molecule has 2 rings (SSSR count). The first-order valence-corrected chi connectivity index (χ1v) is 6.12. The highest BCUT2D eigenvalue weighted by atomic mass is 35.5. The van der Waals surface area contributed by atoms with Gasteiger partial charge >= 0.3 is 0 Å². The van der Waals surface area contributed by atoms with Gasteiger partial charge in [-0.15, -0.1) is 0 Å². The van der Waals surface area contributed by atoms with Crippen LogP contribution in [0.3, 0.4) is 0 Å². The van der Waals surface area contributed by atoms with Gasteiger partial charge in [-0.2, -0.15) is 0 Å². The van der Waals surface area contributed by atoms with Gasteiger partial charge in [0.05, 0.1) is 16.8 Å². The van der Waals surface area contributed by atoms with E-state index in [-0.39, 0.29) is 6.10 Å². The molecule has 0 atom stereocenters. The van der Waals surface area contributed by atoms with E-state index in [1.165, 1.54) is 0 Å². The van der Waals surface area contributed by atoms with Crippen molar-refractivity contribution >= 4 is 23.2 Å². The van der Waals surface area contributed by atoms with Crippen LogP contribution in [0.1, 0.15) is 18.5 Å². The van der Waals surface area contributed by atoms with Crippen LogP contribution in [0.25, 0.3) is 0 Å². The van der Waals surface area contributed by atoms with Crippen molar-refractivity contribution in [2.24, 2.45) is 0 Å². The average Bonchev–Trinajstić information content (AvgIpc) is 2.27. The number of piperidine rings is 1. The molecule has 0 aromatic carbocycles. The van der Waals surface area contributed by atoms with E-state index in [0.717, 1.165) is 31.6 Å². The summed E-state index contributed by atoms with van der Waals surface area (Å²) in [5.74, 6) is 0. The third kappa shape index (κ3) is 3.08. The Morgan fingerprint density at radius 3 is 2.69 bits per heavy atom. The number of aromatic nitrogens is 1. The summed E-state index contributed by atoms with van der Waals surface area (Å²) in [4.78, 5) is 6.45. The van der Waals surface area contributed by atoms with Gasteiger partial charge in [-0.3, -0.25) is 4.90 Å². The highest BCUT2D eigenvalue weighted by molar-refractivity contribution is 6.32. The Kier molecular flexibility index (Phi) is 4.03. The van der Waals surface area contributed by atoms with Gasteiger partial charge in [-0.25, -0.2) is 4.98 Å². The van der Waals surface area contributed by atoms with Crippen molar-refractivity contribution in [3.63, 3.8) is 0 Å². The molecule has 1 aromatic heterocycles. The van der Waals surface area contributed by atoms with Gasteiger partial charge in [0, 0.05) is 19.6 Å². The van der Waals surface area contributed by atoms with Crippen molar-refractivity contribution in [3.05, 3.63) is 28.0 Å². The molecule has 88 valence electrons. The summed E-state index contributed by atoms with van der Waals surface area (Å²) in [7, 11) is 0. The van der Waals surface area contributed by atoms with E-state index in [2.05, 4.69) is 9.88 Å². The minimum absolute atomic E-state index is 0.154. The molecule has 0 amide bonds. The maximum atomic E-state index is 9.40. The van der Waals surface area contributed by atoms with E-state index in [9.17, 15) is 5.11 Å². The predicted octanol–water partition coefficient (Wildman–Crippen LogP) is 2.35. The number of hydrogen-bond acceptors (Lipinski definition) is 3. The van der Waals surface area contributed by atoms with Crippen molar-refractivity contribution < 1.29 is 5.11 Å². The second-order valence-corrected chi connectivity index (χ2v) is 4.86. The molecule has 2 heterocycles. The number of aliphatic hydroxyl groups excluding tert-OH is 1. The molecule has 0 saturated carbocycles. The zero-order valence-corrected chi connectivity index (χ0v) is 10.4. The van der Waals surface area contributed by atoms with Crippen LogP contribution in [0.15, 0.2) is 12.1 Å². The molecule has 1 fully saturated rings. The Labute approximate surface area is 105 Å². The molecule has 0 spiro atoms. The molecule has 1 aromatic rings. The van der Waals surface area contributed by atoms with Crippen LogP contribution in [0.2, 0.25) is 10.2 Å². The largest absolute Gasteiger partial charge is 0.393 e. The van der Waals surface area contributed by atoms with E-state index >= 15 is 0 Å². The fraction of sp³-hybridized carbons (Fsp3) is 0.545. The van der Waals surface area contributed by atoms with Crippen LogP contribution in [-0.2, 0) is 6.54 Å². The summed E-state index contributed by atoms with van der Waals surface area (Å²) >= 11 is 11.9. The number of hydrogen-bond donors (Lipinski definition) is 1. The quantitative estimate of drug-likeness (QED) is 0.830. The topological polar surface area (TPSA) is 36.4 Å². The van der Waals surface area contributed by atoms with Crippen molar-refractivity contribution in [2.75, 3.05) is 13.1 Å². The molecular formula is C11H14Cl2N2O. The third-order valence-corrected chi connectivity index (χ3v) is 3.37.